The number of hydrogen-bond donors (Lipinski definition) is 1. The lowest BCUT2D eigenvalue weighted by atomic mass is 10.1. The molecule has 0 bridgehead atoms. The number of amides is 2. The molecule has 0 fully saturated rings. The lowest BCUT2D eigenvalue weighted by molar-refractivity contribution is 0.0793. The van der Waals surface area contributed by atoms with Crippen LogP contribution in [0.2, 0.25) is 0 Å². The Morgan fingerprint density at radius 3 is 2.52 bits per heavy atom. The predicted molar refractivity (Wildman–Crippen MR) is 99.3 cm³/mol. The maximum atomic E-state index is 12.5. The molecule has 5 nitrogen and oxygen atoms in total. The van der Waals surface area contributed by atoms with E-state index in [0.717, 1.165) is 12.8 Å². The molecule has 0 saturated heterocycles. The number of unbranched alkanes of at least 4 members (excludes halogenated alkanes) is 1. The molecule has 2 aromatic carbocycles. The number of benzene rings is 2. The molecule has 2 aromatic rings. The van der Waals surface area contributed by atoms with E-state index in [1.165, 1.54) is 0 Å². The van der Waals surface area contributed by atoms with Gasteiger partial charge in [0.2, 0.25) is 0 Å². The molecule has 5 heteroatoms. The molecule has 2 amide bonds. The molecule has 0 radical (unpaired) electrons. The Hall–Kier alpha value is -2.82. The van der Waals surface area contributed by atoms with Gasteiger partial charge in [0.1, 0.15) is 5.75 Å². The van der Waals surface area contributed by atoms with Crippen molar-refractivity contribution in [3.63, 3.8) is 0 Å². The molecule has 0 aliphatic heterocycles. The van der Waals surface area contributed by atoms with Crippen LogP contribution in [0.5, 0.6) is 5.75 Å². The van der Waals surface area contributed by atoms with Gasteiger partial charge in [-0.25, -0.2) is 0 Å². The summed E-state index contributed by atoms with van der Waals surface area (Å²) in [4.78, 5) is 26.6. The molecule has 0 aromatic heterocycles. The first-order chi connectivity index (χ1) is 12.0. The summed E-state index contributed by atoms with van der Waals surface area (Å²) in [5.74, 6) is 0.322. The summed E-state index contributed by atoms with van der Waals surface area (Å²) in [7, 11) is 3.35. The van der Waals surface area contributed by atoms with E-state index in [1.807, 2.05) is 0 Å². The molecule has 0 aliphatic carbocycles. The highest BCUT2D eigenvalue weighted by molar-refractivity contribution is 6.06. The third-order valence-corrected chi connectivity index (χ3v) is 3.89. The number of ether oxygens (including phenoxy) is 1. The van der Waals surface area contributed by atoms with Crippen molar-refractivity contribution in [2.75, 3.05) is 26.0 Å². The van der Waals surface area contributed by atoms with Gasteiger partial charge in [0.05, 0.1) is 7.11 Å². The van der Waals surface area contributed by atoms with Crippen molar-refractivity contribution in [1.82, 2.24) is 4.90 Å². The third kappa shape index (κ3) is 5.08. The van der Waals surface area contributed by atoms with Crippen LogP contribution in [0.1, 0.15) is 40.5 Å². The van der Waals surface area contributed by atoms with Gasteiger partial charge in [-0.15, -0.1) is 0 Å². The van der Waals surface area contributed by atoms with Gasteiger partial charge in [0, 0.05) is 36.5 Å². The zero-order chi connectivity index (χ0) is 18.2. The molecule has 0 spiro atoms. The number of methoxy groups -OCH3 is 1. The van der Waals surface area contributed by atoms with Gasteiger partial charge >= 0.3 is 0 Å². The molecular formula is C20H24N2O3. The molecule has 0 atom stereocenters. The van der Waals surface area contributed by atoms with E-state index in [9.17, 15) is 9.59 Å². The Morgan fingerprint density at radius 1 is 1.08 bits per heavy atom. The highest BCUT2D eigenvalue weighted by Crippen LogP contribution is 2.18. The summed E-state index contributed by atoms with van der Waals surface area (Å²) in [5.41, 5.74) is 1.59. The van der Waals surface area contributed by atoms with E-state index in [0.29, 0.717) is 29.1 Å². The maximum absolute atomic E-state index is 12.5. The van der Waals surface area contributed by atoms with Gasteiger partial charge in [0.25, 0.3) is 11.8 Å². The fourth-order valence-corrected chi connectivity index (χ4v) is 2.41. The van der Waals surface area contributed by atoms with Crippen LogP contribution in [0, 0.1) is 0 Å². The first-order valence-corrected chi connectivity index (χ1v) is 8.36. The predicted octanol–water partition coefficient (Wildman–Crippen LogP) is 3.82. The van der Waals surface area contributed by atoms with Crippen LogP contribution in [-0.2, 0) is 0 Å². The van der Waals surface area contributed by atoms with Crippen molar-refractivity contribution in [3.05, 3.63) is 59.7 Å². The van der Waals surface area contributed by atoms with Crippen LogP contribution in [0.3, 0.4) is 0 Å². The number of anilines is 1. The molecule has 132 valence electrons. The molecule has 1 N–H and O–H groups in total. The van der Waals surface area contributed by atoms with Crippen molar-refractivity contribution in [2.24, 2.45) is 0 Å². The van der Waals surface area contributed by atoms with Crippen LogP contribution in [0.15, 0.2) is 48.5 Å². The van der Waals surface area contributed by atoms with E-state index in [4.69, 9.17) is 4.74 Å². The largest absolute Gasteiger partial charge is 0.497 e. The lowest BCUT2D eigenvalue weighted by Crippen LogP contribution is -2.28. The van der Waals surface area contributed by atoms with E-state index < -0.39 is 0 Å². The number of carbonyl (C=O) groups excluding carboxylic acids is 2. The second-order valence-electron chi connectivity index (χ2n) is 5.85. The second-order valence-corrected chi connectivity index (χ2v) is 5.85. The van der Waals surface area contributed by atoms with E-state index in [-0.39, 0.29) is 11.8 Å². The van der Waals surface area contributed by atoms with Crippen molar-refractivity contribution in [2.45, 2.75) is 19.8 Å². The highest BCUT2D eigenvalue weighted by Gasteiger charge is 2.14. The highest BCUT2D eigenvalue weighted by atomic mass is 16.5. The van der Waals surface area contributed by atoms with E-state index in [2.05, 4.69) is 12.2 Å². The van der Waals surface area contributed by atoms with Gasteiger partial charge in [-0.05, 0) is 36.8 Å². The number of nitrogens with zero attached hydrogens (tertiary/aromatic N) is 1. The van der Waals surface area contributed by atoms with Gasteiger partial charge in [-0.3, -0.25) is 9.59 Å². The first-order valence-electron chi connectivity index (χ1n) is 8.36. The van der Waals surface area contributed by atoms with Crippen LogP contribution < -0.4 is 10.1 Å². The Bertz CT molecular complexity index is 743. The number of nitrogens with one attached hydrogen (secondary N) is 1. The van der Waals surface area contributed by atoms with Gasteiger partial charge in [-0.2, -0.15) is 0 Å². The molecular weight excluding hydrogens is 316 g/mol. The molecule has 2 rings (SSSR count). The van der Waals surface area contributed by atoms with Gasteiger partial charge in [0.15, 0.2) is 0 Å². The molecule has 0 unspecified atom stereocenters. The smallest absolute Gasteiger partial charge is 0.255 e. The minimum absolute atomic E-state index is 0.0792. The minimum Gasteiger partial charge on any atom is -0.497 e. The Kier molecular flexibility index (Phi) is 6.57. The van der Waals surface area contributed by atoms with Crippen LogP contribution >= 0.6 is 0 Å². The van der Waals surface area contributed by atoms with Gasteiger partial charge < -0.3 is 15.0 Å². The van der Waals surface area contributed by atoms with E-state index >= 15 is 0 Å². The fourth-order valence-electron chi connectivity index (χ4n) is 2.41. The van der Waals surface area contributed by atoms with Crippen molar-refractivity contribution < 1.29 is 14.3 Å². The van der Waals surface area contributed by atoms with Crippen molar-refractivity contribution in [1.29, 1.82) is 0 Å². The summed E-state index contributed by atoms with van der Waals surface area (Å²) in [6, 6.07) is 13.9. The summed E-state index contributed by atoms with van der Waals surface area (Å²) in [6.07, 6.45) is 1.98. The molecule has 25 heavy (non-hydrogen) atoms. The van der Waals surface area contributed by atoms with Crippen molar-refractivity contribution >= 4 is 17.5 Å². The van der Waals surface area contributed by atoms with Crippen LogP contribution in [0.25, 0.3) is 0 Å². The third-order valence-electron chi connectivity index (χ3n) is 3.89. The monoisotopic (exact) mass is 340 g/mol. The van der Waals surface area contributed by atoms with Crippen LogP contribution in [0.4, 0.5) is 5.69 Å². The number of rotatable bonds is 7. The van der Waals surface area contributed by atoms with Crippen molar-refractivity contribution in [3.8, 4) is 5.75 Å². The topological polar surface area (TPSA) is 58.6 Å². The summed E-state index contributed by atoms with van der Waals surface area (Å²) in [6.45, 7) is 2.79. The Balaban J connectivity index is 2.11. The molecule has 0 saturated carbocycles. The SMILES string of the molecule is CCCCN(C)C(=O)c1cccc(C(=O)Nc2cccc(OC)c2)c1. The maximum Gasteiger partial charge on any atom is 0.255 e. The fraction of sp³-hybridized carbons (Fsp3) is 0.300. The number of hydrogen-bond acceptors (Lipinski definition) is 3. The van der Waals surface area contributed by atoms with Crippen LogP contribution in [-0.4, -0.2) is 37.4 Å². The quantitative estimate of drug-likeness (QED) is 0.833. The summed E-state index contributed by atoms with van der Waals surface area (Å²) >= 11 is 0. The zero-order valence-corrected chi connectivity index (χ0v) is 14.9. The minimum atomic E-state index is -0.265. The van der Waals surface area contributed by atoms with E-state index in [1.54, 1.807) is 67.6 Å². The second kappa shape index (κ2) is 8.87. The van der Waals surface area contributed by atoms with Gasteiger partial charge in [-0.1, -0.05) is 25.5 Å². The normalized spacial score (nSPS) is 10.2. The zero-order valence-electron chi connectivity index (χ0n) is 14.9. The number of carbonyl (C=O) groups is 2. The summed E-state index contributed by atoms with van der Waals surface area (Å²) in [5, 5.41) is 2.82. The average Bonchev–Trinajstić information content (AvgIpc) is 2.65. The Labute approximate surface area is 148 Å². The Morgan fingerprint density at radius 2 is 1.80 bits per heavy atom. The first kappa shape index (κ1) is 18.5. The summed E-state index contributed by atoms with van der Waals surface area (Å²) < 4.78 is 5.15. The molecule has 0 heterocycles. The standard InChI is InChI=1S/C20H24N2O3/c1-4-5-12-22(2)20(24)16-9-6-8-15(13-16)19(23)21-17-10-7-11-18(14-17)25-3/h6-11,13-14H,4-5,12H2,1-3H3,(H,21,23). The average molecular weight is 340 g/mol. The molecule has 0 aliphatic rings. The lowest BCUT2D eigenvalue weighted by Gasteiger charge is -2.17.